The molecule has 2 N–H and O–H groups in total. The average molecular weight is 468 g/mol. The second-order valence-corrected chi connectivity index (χ2v) is 8.23. The summed E-state index contributed by atoms with van der Waals surface area (Å²) in [5.41, 5.74) is 4.09. The Morgan fingerprint density at radius 2 is 1.74 bits per heavy atom. The second-order valence-electron chi connectivity index (χ2n) is 8.23. The van der Waals surface area contributed by atoms with Crippen LogP contribution in [0.25, 0.3) is 56.0 Å². The van der Waals surface area contributed by atoms with Crippen LogP contribution in [-0.2, 0) is 0 Å². The number of nitrogens with zero attached hydrogens (tertiary/aromatic N) is 6. The van der Waals surface area contributed by atoms with Crippen LogP contribution in [0.15, 0.2) is 61.2 Å². The number of H-pyrrole nitrogens is 2. The molecule has 0 saturated heterocycles. The van der Waals surface area contributed by atoms with Gasteiger partial charge in [-0.05, 0) is 18.2 Å². The maximum Gasteiger partial charge on any atom is 0.161 e. The van der Waals surface area contributed by atoms with Crippen molar-refractivity contribution < 1.29 is 8.78 Å². The molecule has 0 aliphatic rings. The number of rotatable bonds is 4. The van der Waals surface area contributed by atoms with Crippen LogP contribution in [0.1, 0.15) is 0 Å². The molecule has 172 valence electrons. The summed E-state index contributed by atoms with van der Waals surface area (Å²) >= 11 is 0. The van der Waals surface area contributed by atoms with Crippen molar-refractivity contribution in [2.24, 2.45) is 0 Å². The number of anilines is 1. The van der Waals surface area contributed by atoms with Gasteiger partial charge >= 0.3 is 0 Å². The van der Waals surface area contributed by atoms with E-state index in [1.54, 1.807) is 42.9 Å². The Morgan fingerprint density at radius 1 is 0.886 bits per heavy atom. The summed E-state index contributed by atoms with van der Waals surface area (Å²) in [6.07, 6.45) is 6.31. The van der Waals surface area contributed by atoms with Crippen LogP contribution in [0.4, 0.5) is 14.5 Å². The molecule has 5 aromatic heterocycles. The maximum absolute atomic E-state index is 15.9. The maximum atomic E-state index is 15.9. The predicted octanol–water partition coefficient (Wildman–Crippen LogP) is 4.97. The molecule has 10 heteroatoms. The molecule has 0 unspecified atom stereocenters. The van der Waals surface area contributed by atoms with Crippen LogP contribution in [0.5, 0.6) is 0 Å². The summed E-state index contributed by atoms with van der Waals surface area (Å²) < 4.78 is 30.4. The first-order chi connectivity index (χ1) is 17.0. The first-order valence-corrected chi connectivity index (χ1v) is 10.8. The summed E-state index contributed by atoms with van der Waals surface area (Å²) in [5.74, 6) is -0.581. The molecule has 0 aliphatic heterocycles. The zero-order chi connectivity index (χ0) is 24.1. The SMILES string of the molecule is CN(C)c1cncc(-c2cnc3[nH]nc(-c4nc5c(-c6ccccc6F)ccnc5[nH]4)c3c2F)c1. The van der Waals surface area contributed by atoms with E-state index < -0.39 is 5.82 Å². The molecule has 0 bridgehead atoms. The van der Waals surface area contributed by atoms with E-state index in [0.29, 0.717) is 33.7 Å². The van der Waals surface area contributed by atoms with Gasteiger partial charge in [0.05, 0.1) is 17.3 Å². The number of hydrogen-bond acceptors (Lipinski definition) is 6. The van der Waals surface area contributed by atoms with Gasteiger partial charge in [0.2, 0.25) is 0 Å². The molecule has 0 saturated carbocycles. The molecular weight excluding hydrogens is 450 g/mol. The highest BCUT2D eigenvalue weighted by Crippen LogP contribution is 2.35. The lowest BCUT2D eigenvalue weighted by molar-refractivity contribution is 0.631. The summed E-state index contributed by atoms with van der Waals surface area (Å²) in [7, 11) is 3.77. The van der Waals surface area contributed by atoms with Crippen molar-refractivity contribution in [2.45, 2.75) is 0 Å². The van der Waals surface area contributed by atoms with Crippen LogP contribution >= 0.6 is 0 Å². The van der Waals surface area contributed by atoms with Crippen LogP contribution in [0.2, 0.25) is 0 Å². The minimum absolute atomic E-state index is 0.184. The summed E-state index contributed by atoms with van der Waals surface area (Å²) in [6.45, 7) is 0. The molecular formula is C25H18F2N8. The largest absolute Gasteiger partial charge is 0.376 e. The summed E-state index contributed by atoms with van der Waals surface area (Å²) in [4.78, 5) is 22.5. The van der Waals surface area contributed by atoms with Gasteiger partial charge in [0.15, 0.2) is 17.1 Å². The van der Waals surface area contributed by atoms with Crippen molar-refractivity contribution in [3.05, 3.63) is 72.8 Å². The molecule has 0 spiro atoms. The summed E-state index contributed by atoms with van der Waals surface area (Å²) in [5, 5.41) is 7.23. The zero-order valence-corrected chi connectivity index (χ0v) is 18.7. The minimum atomic E-state index is -0.501. The molecule has 5 heterocycles. The third kappa shape index (κ3) is 3.38. The van der Waals surface area contributed by atoms with E-state index in [2.05, 4.69) is 35.1 Å². The number of hydrogen-bond donors (Lipinski definition) is 2. The number of halogens is 2. The lowest BCUT2D eigenvalue weighted by Gasteiger charge is -2.13. The quantitative estimate of drug-likeness (QED) is 0.379. The van der Waals surface area contributed by atoms with E-state index in [4.69, 9.17) is 0 Å². The summed E-state index contributed by atoms with van der Waals surface area (Å²) in [6, 6.07) is 9.97. The van der Waals surface area contributed by atoms with E-state index >= 15 is 4.39 Å². The lowest BCUT2D eigenvalue weighted by atomic mass is 10.1. The Bertz CT molecular complexity index is 1720. The molecule has 0 atom stereocenters. The Hall–Kier alpha value is -4.73. The number of aromatic nitrogens is 7. The molecule has 8 nitrogen and oxygen atoms in total. The number of aromatic amines is 2. The van der Waals surface area contributed by atoms with Gasteiger partial charge in [-0.3, -0.25) is 10.1 Å². The standard InChI is InChI=1S/C25H18F2N8/c1-35(2)14-9-13(10-28-11-14)17-12-30-23-19(20(17)27)22(33-34-23)25-31-21-16(7-8-29-24(21)32-25)15-5-3-4-6-18(15)26/h3-12H,1-2H3,(H,29,31,32)(H,30,33,34). The van der Waals surface area contributed by atoms with Crippen LogP contribution < -0.4 is 4.90 Å². The fourth-order valence-electron chi connectivity index (χ4n) is 4.07. The van der Waals surface area contributed by atoms with Crippen molar-refractivity contribution in [3.63, 3.8) is 0 Å². The predicted molar refractivity (Wildman–Crippen MR) is 130 cm³/mol. The van der Waals surface area contributed by atoms with Gasteiger partial charge < -0.3 is 9.88 Å². The highest BCUT2D eigenvalue weighted by Gasteiger charge is 2.22. The normalized spacial score (nSPS) is 11.4. The Balaban J connectivity index is 1.53. The molecule has 35 heavy (non-hydrogen) atoms. The highest BCUT2D eigenvalue weighted by atomic mass is 19.1. The average Bonchev–Trinajstić information content (AvgIpc) is 3.49. The first kappa shape index (κ1) is 20.8. The smallest absolute Gasteiger partial charge is 0.161 e. The van der Waals surface area contributed by atoms with Crippen molar-refractivity contribution in [1.29, 1.82) is 0 Å². The Morgan fingerprint density at radius 3 is 2.57 bits per heavy atom. The third-order valence-electron chi connectivity index (χ3n) is 5.85. The Labute approximate surface area is 197 Å². The lowest BCUT2D eigenvalue weighted by Crippen LogP contribution is -2.08. The van der Waals surface area contributed by atoms with Crippen molar-refractivity contribution in [3.8, 4) is 33.8 Å². The van der Waals surface area contributed by atoms with Gasteiger partial charge in [-0.2, -0.15) is 5.10 Å². The molecule has 1 aromatic carbocycles. The Kier molecular flexibility index (Phi) is 4.73. The minimum Gasteiger partial charge on any atom is -0.376 e. The van der Waals surface area contributed by atoms with E-state index in [1.807, 2.05) is 25.1 Å². The number of fused-ring (bicyclic) bond motifs is 2. The second kappa shape index (κ2) is 7.94. The molecule has 6 rings (SSSR count). The zero-order valence-electron chi connectivity index (χ0n) is 18.7. The molecule has 0 radical (unpaired) electrons. The van der Waals surface area contributed by atoms with Crippen LogP contribution in [0, 0.1) is 11.6 Å². The van der Waals surface area contributed by atoms with Gasteiger partial charge in [0.25, 0.3) is 0 Å². The first-order valence-electron chi connectivity index (χ1n) is 10.8. The van der Waals surface area contributed by atoms with Crippen molar-refractivity contribution in [2.75, 3.05) is 19.0 Å². The van der Waals surface area contributed by atoms with E-state index in [-0.39, 0.29) is 28.1 Å². The number of imidazole rings is 1. The van der Waals surface area contributed by atoms with Crippen LogP contribution in [0.3, 0.4) is 0 Å². The van der Waals surface area contributed by atoms with E-state index in [0.717, 1.165) is 5.69 Å². The molecule has 0 amide bonds. The number of pyridine rings is 3. The number of nitrogens with one attached hydrogen (secondary N) is 2. The van der Waals surface area contributed by atoms with E-state index in [1.165, 1.54) is 12.3 Å². The van der Waals surface area contributed by atoms with E-state index in [9.17, 15) is 4.39 Å². The van der Waals surface area contributed by atoms with Crippen LogP contribution in [-0.4, -0.2) is 49.2 Å². The fraction of sp³-hybridized carbons (Fsp3) is 0.0800. The molecule has 0 aliphatic carbocycles. The fourth-order valence-corrected chi connectivity index (χ4v) is 4.07. The molecule has 6 aromatic rings. The highest BCUT2D eigenvalue weighted by molar-refractivity contribution is 5.96. The molecule has 0 fully saturated rings. The van der Waals surface area contributed by atoms with Crippen molar-refractivity contribution >= 4 is 27.9 Å². The third-order valence-corrected chi connectivity index (χ3v) is 5.85. The van der Waals surface area contributed by atoms with Gasteiger partial charge in [-0.25, -0.2) is 23.7 Å². The van der Waals surface area contributed by atoms with Gasteiger partial charge in [-0.15, -0.1) is 0 Å². The van der Waals surface area contributed by atoms with Crippen molar-refractivity contribution in [1.82, 2.24) is 35.1 Å². The topological polar surface area (TPSA) is 99.3 Å². The van der Waals surface area contributed by atoms with Gasteiger partial charge in [0.1, 0.15) is 22.8 Å². The van der Waals surface area contributed by atoms with Gasteiger partial charge in [0, 0.05) is 54.9 Å². The number of benzene rings is 1. The van der Waals surface area contributed by atoms with Gasteiger partial charge in [-0.1, -0.05) is 18.2 Å². The monoisotopic (exact) mass is 468 g/mol.